The second-order valence-corrected chi connectivity index (χ2v) is 3.52. The van der Waals surface area contributed by atoms with Gasteiger partial charge >= 0.3 is 0 Å². The predicted octanol–water partition coefficient (Wildman–Crippen LogP) is -0.128. The lowest BCUT2D eigenvalue weighted by Crippen LogP contribution is -2.40. The number of carbonyl (C=O) groups excluding carboxylic acids is 1. The van der Waals surface area contributed by atoms with Crippen LogP contribution in [-0.4, -0.2) is 36.2 Å². The lowest BCUT2D eigenvalue weighted by molar-refractivity contribution is -0.120. The Morgan fingerprint density at radius 3 is 2.46 bits per heavy atom. The minimum atomic E-state index is -0.000195. The molecule has 0 aliphatic rings. The van der Waals surface area contributed by atoms with Gasteiger partial charge in [0.1, 0.15) is 0 Å². The Balaban J connectivity index is 3.46. The van der Waals surface area contributed by atoms with Gasteiger partial charge < -0.3 is 15.7 Å². The summed E-state index contributed by atoms with van der Waals surface area (Å²) in [5.41, 5.74) is 0. The number of hydrogen-bond donors (Lipinski definition) is 3. The average molecular weight is 188 g/mol. The summed E-state index contributed by atoms with van der Waals surface area (Å²) in [6.07, 6.45) is 0.676. The summed E-state index contributed by atoms with van der Waals surface area (Å²) in [4.78, 5) is 11.1. The highest BCUT2D eigenvalue weighted by Gasteiger charge is 2.05. The van der Waals surface area contributed by atoms with Crippen LogP contribution in [0.5, 0.6) is 0 Å². The van der Waals surface area contributed by atoms with Gasteiger partial charge in [-0.25, -0.2) is 0 Å². The molecular weight excluding hydrogens is 168 g/mol. The second-order valence-electron chi connectivity index (χ2n) is 3.52. The fraction of sp³-hybridized carbons (Fsp3) is 0.889. The molecule has 0 aromatic rings. The first-order valence-electron chi connectivity index (χ1n) is 4.70. The van der Waals surface area contributed by atoms with E-state index in [2.05, 4.69) is 10.6 Å². The van der Waals surface area contributed by atoms with E-state index in [4.69, 9.17) is 5.11 Å². The summed E-state index contributed by atoms with van der Waals surface area (Å²) in [6, 6.07) is 0.366. The lowest BCUT2D eigenvalue weighted by Gasteiger charge is -2.13. The van der Waals surface area contributed by atoms with Gasteiger partial charge in [-0.15, -0.1) is 0 Å². The number of rotatable bonds is 6. The number of nitrogens with one attached hydrogen (secondary N) is 2. The van der Waals surface area contributed by atoms with Gasteiger partial charge in [0.2, 0.25) is 5.91 Å². The van der Waals surface area contributed by atoms with Crippen molar-refractivity contribution in [2.24, 2.45) is 0 Å². The molecule has 3 N–H and O–H groups in total. The average Bonchev–Trinajstić information content (AvgIpc) is 2.00. The first kappa shape index (κ1) is 12.4. The van der Waals surface area contributed by atoms with Crippen molar-refractivity contribution in [2.45, 2.75) is 39.3 Å². The first-order chi connectivity index (χ1) is 6.06. The Hall–Kier alpha value is -0.610. The van der Waals surface area contributed by atoms with Crippen LogP contribution >= 0.6 is 0 Å². The molecule has 4 heteroatoms. The van der Waals surface area contributed by atoms with Gasteiger partial charge in [0.25, 0.3) is 0 Å². The SMILES string of the molecule is CC(C)NC(=O)CN[C@@H](C)CCO. The Morgan fingerprint density at radius 1 is 1.38 bits per heavy atom. The van der Waals surface area contributed by atoms with Crippen LogP contribution in [-0.2, 0) is 4.79 Å². The molecule has 0 aliphatic carbocycles. The van der Waals surface area contributed by atoms with Gasteiger partial charge in [0, 0.05) is 18.7 Å². The molecule has 4 nitrogen and oxygen atoms in total. The summed E-state index contributed by atoms with van der Waals surface area (Å²) in [5, 5.41) is 14.4. The van der Waals surface area contributed by atoms with E-state index in [1.54, 1.807) is 0 Å². The van der Waals surface area contributed by atoms with Gasteiger partial charge in [0.15, 0.2) is 0 Å². The zero-order valence-electron chi connectivity index (χ0n) is 8.63. The van der Waals surface area contributed by atoms with E-state index < -0.39 is 0 Å². The molecule has 0 heterocycles. The van der Waals surface area contributed by atoms with Crippen molar-refractivity contribution < 1.29 is 9.90 Å². The molecule has 1 amide bonds. The maximum atomic E-state index is 11.1. The summed E-state index contributed by atoms with van der Waals surface area (Å²) < 4.78 is 0. The van der Waals surface area contributed by atoms with Crippen LogP contribution in [0.1, 0.15) is 27.2 Å². The molecule has 13 heavy (non-hydrogen) atoms. The zero-order valence-corrected chi connectivity index (χ0v) is 8.63. The van der Waals surface area contributed by atoms with Crippen LogP contribution in [0, 0.1) is 0 Å². The van der Waals surface area contributed by atoms with Crippen LogP contribution in [0.25, 0.3) is 0 Å². The molecule has 0 radical (unpaired) electrons. The molecule has 0 fully saturated rings. The van der Waals surface area contributed by atoms with Gasteiger partial charge in [-0.2, -0.15) is 0 Å². The first-order valence-corrected chi connectivity index (χ1v) is 4.70. The van der Waals surface area contributed by atoms with E-state index in [0.29, 0.717) is 13.0 Å². The maximum Gasteiger partial charge on any atom is 0.234 e. The third kappa shape index (κ3) is 7.74. The fourth-order valence-electron chi connectivity index (χ4n) is 0.936. The Kier molecular flexibility index (Phi) is 6.54. The van der Waals surface area contributed by atoms with E-state index in [1.165, 1.54) is 0 Å². The Labute approximate surface area is 79.7 Å². The molecule has 0 aliphatic heterocycles. The van der Waals surface area contributed by atoms with E-state index in [1.807, 2.05) is 20.8 Å². The molecule has 0 rings (SSSR count). The molecule has 0 spiro atoms. The van der Waals surface area contributed by atoms with Crippen LogP contribution in [0.4, 0.5) is 0 Å². The normalized spacial score (nSPS) is 13.0. The van der Waals surface area contributed by atoms with Crippen LogP contribution in [0.3, 0.4) is 0 Å². The third-order valence-corrected chi connectivity index (χ3v) is 1.62. The van der Waals surface area contributed by atoms with Crippen molar-refractivity contribution in [3.05, 3.63) is 0 Å². The molecule has 78 valence electrons. The highest BCUT2D eigenvalue weighted by Crippen LogP contribution is 1.87. The van der Waals surface area contributed by atoms with Gasteiger partial charge in [-0.1, -0.05) is 0 Å². The van der Waals surface area contributed by atoms with Gasteiger partial charge in [-0.05, 0) is 27.2 Å². The van der Waals surface area contributed by atoms with Gasteiger partial charge in [-0.3, -0.25) is 4.79 Å². The molecular formula is C9H20N2O2. The summed E-state index contributed by atoms with van der Waals surface area (Å²) >= 11 is 0. The van der Waals surface area contributed by atoms with Crippen molar-refractivity contribution in [3.63, 3.8) is 0 Å². The van der Waals surface area contributed by atoms with Crippen LogP contribution in [0.2, 0.25) is 0 Å². The van der Waals surface area contributed by atoms with Crippen LogP contribution < -0.4 is 10.6 Å². The van der Waals surface area contributed by atoms with E-state index in [0.717, 1.165) is 0 Å². The topological polar surface area (TPSA) is 61.4 Å². The Bertz CT molecular complexity index is 149. The van der Waals surface area contributed by atoms with E-state index >= 15 is 0 Å². The van der Waals surface area contributed by atoms with Crippen molar-refractivity contribution in [1.82, 2.24) is 10.6 Å². The summed E-state index contributed by atoms with van der Waals surface area (Å²) in [6.45, 7) is 6.27. The molecule has 0 bridgehead atoms. The molecule has 0 saturated carbocycles. The summed E-state index contributed by atoms with van der Waals surface area (Å²) in [7, 11) is 0. The number of aliphatic hydroxyl groups excluding tert-OH is 1. The minimum absolute atomic E-state index is 0.000195. The molecule has 0 saturated heterocycles. The van der Waals surface area contributed by atoms with Crippen molar-refractivity contribution >= 4 is 5.91 Å². The number of amides is 1. The molecule has 1 atom stereocenters. The Morgan fingerprint density at radius 2 is 2.00 bits per heavy atom. The summed E-state index contributed by atoms with van der Waals surface area (Å²) in [5.74, 6) is -0.000195. The van der Waals surface area contributed by atoms with Crippen LogP contribution in [0.15, 0.2) is 0 Å². The number of carbonyl (C=O) groups is 1. The van der Waals surface area contributed by atoms with E-state index in [9.17, 15) is 4.79 Å². The highest BCUT2D eigenvalue weighted by atomic mass is 16.3. The third-order valence-electron chi connectivity index (χ3n) is 1.62. The monoisotopic (exact) mass is 188 g/mol. The lowest BCUT2D eigenvalue weighted by atomic mass is 10.2. The smallest absolute Gasteiger partial charge is 0.234 e. The zero-order chi connectivity index (χ0) is 10.3. The standard InChI is InChI=1S/C9H20N2O2/c1-7(2)11-9(13)6-10-8(3)4-5-12/h7-8,10,12H,4-6H2,1-3H3,(H,11,13)/t8-/m0/s1. The molecule has 0 aromatic carbocycles. The quantitative estimate of drug-likeness (QED) is 0.544. The second kappa shape index (κ2) is 6.86. The predicted molar refractivity (Wildman–Crippen MR) is 52.4 cm³/mol. The number of hydrogen-bond acceptors (Lipinski definition) is 3. The van der Waals surface area contributed by atoms with Gasteiger partial charge in [0.05, 0.1) is 6.54 Å². The highest BCUT2D eigenvalue weighted by molar-refractivity contribution is 5.78. The molecule has 0 unspecified atom stereocenters. The maximum absolute atomic E-state index is 11.1. The fourth-order valence-corrected chi connectivity index (χ4v) is 0.936. The largest absolute Gasteiger partial charge is 0.396 e. The number of aliphatic hydroxyl groups is 1. The minimum Gasteiger partial charge on any atom is -0.396 e. The van der Waals surface area contributed by atoms with Crippen molar-refractivity contribution in [2.75, 3.05) is 13.2 Å². The molecule has 0 aromatic heterocycles. The van der Waals surface area contributed by atoms with Crippen molar-refractivity contribution in [3.8, 4) is 0 Å². The van der Waals surface area contributed by atoms with E-state index in [-0.39, 0.29) is 24.6 Å². The van der Waals surface area contributed by atoms with Crippen molar-refractivity contribution in [1.29, 1.82) is 0 Å².